The third-order valence-corrected chi connectivity index (χ3v) is 4.51. The van der Waals surface area contributed by atoms with E-state index < -0.39 is 0 Å². The highest BCUT2D eigenvalue weighted by Gasteiger charge is 2.26. The molecule has 6 heteroatoms. The Kier molecular flexibility index (Phi) is 11.0. The second-order valence-electron chi connectivity index (χ2n) is 8.87. The molecular formula is C20H40N2O3S. The van der Waals surface area contributed by atoms with Crippen molar-refractivity contribution >= 4 is 24.3 Å². The van der Waals surface area contributed by atoms with Crippen molar-refractivity contribution in [3.63, 3.8) is 0 Å². The first kappa shape index (κ1) is 25.4. The molecule has 3 atom stereocenters. The molecule has 0 bridgehead atoms. The molecule has 0 heterocycles. The van der Waals surface area contributed by atoms with Crippen LogP contribution < -0.4 is 10.6 Å². The molecule has 0 aromatic carbocycles. The van der Waals surface area contributed by atoms with Crippen LogP contribution in [0, 0.1) is 5.92 Å². The standard InChI is InChI=1S/C20H40N2O3S/c1-14(18(24)21-12-9-13-25-19(4,5)6)10-11-20(7,8)22-15(2)17(23)16(3)26/h14-16,22,26H,9-13H2,1-8H3,(H,21,24)/t14-,15+,16?/m1/s1. The molecule has 2 N–H and O–H groups in total. The molecule has 0 aromatic rings. The summed E-state index contributed by atoms with van der Waals surface area (Å²) in [7, 11) is 0. The largest absolute Gasteiger partial charge is 0.376 e. The molecule has 0 radical (unpaired) electrons. The van der Waals surface area contributed by atoms with Gasteiger partial charge < -0.3 is 15.4 Å². The fourth-order valence-corrected chi connectivity index (χ4v) is 2.86. The molecule has 0 rings (SSSR count). The first-order valence-electron chi connectivity index (χ1n) is 9.66. The zero-order valence-corrected chi connectivity index (χ0v) is 18.8. The Morgan fingerprint density at radius 2 is 1.65 bits per heavy atom. The van der Waals surface area contributed by atoms with Crippen LogP contribution in [0.25, 0.3) is 0 Å². The molecule has 1 amide bonds. The quantitative estimate of drug-likeness (QED) is 0.354. The summed E-state index contributed by atoms with van der Waals surface area (Å²) < 4.78 is 5.64. The highest BCUT2D eigenvalue weighted by Crippen LogP contribution is 2.18. The molecule has 0 aromatic heterocycles. The Morgan fingerprint density at radius 3 is 2.15 bits per heavy atom. The minimum Gasteiger partial charge on any atom is -0.376 e. The minimum atomic E-state index is -0.278. The van der Waals surface area contributed by atoms with Crippen molar-refractivity contribution in [3.05, 3.63) is 0 Å². The van der Waals surface area contributed by atoms with Gasteiger partial charge in [-0.3, -0.25) is 9.59 Å². The van der Waals surface area contributed by atoms with Crippen molar-refractivity contribution in [3.8, 4) is 0 Å². The summed E-state index contributed by atoms with van der Waals surface area (Å²) in [5, 5.41) is 6.06. The van der Waals surface area contributed by atoms with Crippen LogP contribution in [0.1, 0.15) is 74.7 Å². The molecule has 0 aliphatic heterocycles. The molecule has 26 heavy (non-hydrogen) atoms. The van der Waals surface area contributed by atoms with Gasteiger partial charge in [0.1, 0.15) is 0 Å². The predicted molar refractivity (Wildman–Crippen MR) is 112 cm³/mol. The lowest BCUT2D eigenvalue weighted by molar-refractivity contribution is -0.125. The number of hydrogen-bond acceptors (Lipinski definition) is 5. The summed E-state index contributed by atoms with van der Waals surface area (Å²) in [5.74, 6) is 0.101. The Morgan fingerprint density at radius 1 is 1.08 bits per heavy atom. The Labute approximate surface area is 165 Å². The average molecular weight is 389 g/mol. The fourth-order valence-electron chi connectivity index (χ4n) is 2.64. The van der Waals surface area contributed by atoms with Crippen molar-refractivity contribution in [1.82, 2.24) is 10.6 Å². The number of hydrogen-bond donors (Lipinski definition) is 3. The topological polar surface area (TPSA) is 67.4 Å². The van der Waals surface area contributed by atoms with Gasteiger partial charge in [-0.2, -0.15) is 12.6 Å². The van der Waals surface area contributed by atoms with Gasteiger partial charge in [0.15, 0.2) is 5.78 Å². The van der Waals surface area contributed by atoms with Gasteiger partial charge in [-0.05, 0) is 67.7 Å². The Balaban J connectivity index is 4.15. The number of amides is 1. The van der Waals surface area contributed by atoms with Gasteiger partial charge in [0, 0.05) is 24.6 Å². The van der Waals surface area contributed by atoms with Crippen LogP contribution in [-0.4, -0.2) is 47.3 Å². The average Bonchev–Trinajstić information content (AvgIpc) is 2.49. The van der Waals surface area contributed by atoms with E-state index in [4.69, 9.17) is 4.74 Å². The SMILES string of the molecule is CC(S)C(=O)[C@H](C)NC(C)(C)CC[C@@H](C)C(=O)NCCCOC(C)(C)C. The number of nitrogens with one attached hydrogen (secondary N) is 2. The summed E-state index contributed by atoms with van der Waals surface area (Å²) in [6.45, 7) is 17.1. The summed E-state index contributed by atoms with van der Waals surface area (Å²) in [6.07, 6.45) is 2.39. The molecule has 0 fully saturated rings. The number of Topliss-reactive ketones (excluding diaryl/α,β-unsaturated/α-hetero) is 1. The maximum absolute atomic E-state index is 12.2. The smallest absolute Gasteiger partial charge is 0.222 e. The third-order valence-electron chi connectivity index (χ3n) is 4.25. The van der Waals surface area contributed by atoms with E-state index in [1.807, 2.05) is 34.6 Å². The Bertz CT molecular complexity index is 445. The molecule has 0 saturated carbocycles. The molecular weight excluding hydrogens is 348 g/mol. The van der Waals surface area contributed by atoms with Crippen LogP contribution >= 0.6 is 12.6 Å². The monoisotopic (exact) mass is 388 g/mol. The number of carbonyl (C=O) groups is 2. The summed E-state index contributed by atoms with van der Waals surface area (Å²) >= 11 is 4.21. The van der Waals surface area contributed by atoms with Gasteiger partial charge in [-0.15, -0.1) is 0 Å². The summed E-state index contributed by atoms with van der Waals surface area (Å²) in [5.41, 5.74) is -0.355. The normalized spacial score (nSPS) is 16.0. The van der Waals surface area contributed by atoms with E-state index in [0.717, 1.165) is 19.3 Å². The highest BCUT2D eigenvalue weighted by molar-refractivity contribution is 7.81. The van der Waals surface area contributed by atoms with E-state index in [9.17, 15) is 9.59 Å². The van der Waals surface area contributed by atoms with Gasteiger partial charge in [-0.1, -0.05) is 6.92 Å². The fraction of sp³-hybridized carbons (Fsp3) is 0.900. The first-order chi connectivity index (χ1) is 11.7. The van der Waals surface area contributed by atoms with E-state index in [1.54, 1.807) is 6.92 Å². The second-order valence-corrected chi connectivity index (χ2v) is 9.65. The van der Waals surface area contributed by atoms with E-state index in [2.05, 4.69) is 37.1 Å². The first-order valence-corrected chi connectivity index (χ1v) is 10.2. The summed E-state index contributed by atoms with van der Waals surface area (Å²) in [6, 6.07) is -0.246. The zero-order valence-electron chi connectivity index (χ0n) is 17.9. The van der Waals surface area contributed by atoms with E-state index in [0.29, 0.717) is 13.2 Å². The number of ether oxygens (including phenoxy) is 1. The van der Waals surface area contributed by atoms with Crippen molar-refractivity contribution in [2.45, 2.75) is 97.1 Å². The number of carbonyl (C=O) groups excluding carboxylic acids is 2. The van der Waals surface area contributed by atoms with Gasteiger partial charge >= 0.3 is 0 Å². The molecule has 0 aliphatic carbocycles. The van der Waals surface area contributed by atoms with E-state index >= 15 is 0 Å². The van der Waals surface area contributed by atoms with E-state index in [-0.39, 0.29) is 40.0 Å². The van der Waals surface area contributed by atoms with Gasteiger partial charge in [0.05, 0.1) is 16.9 Å². The highest BCUT2D eigenvalue weighted by atomic mass is 32.1. The van der Waals surface area contributed by atoms with Crippen molar-refractivity contribution in [2.24, 2.45) is 5.92 Å². The molecule has 1 unspecified atom stereocenters. The van der Waals surface area contributed by atoms with Crippen molar-refractivity contribution in [2.75, 3.05) is 13.2 Å². The lowest BCUT2D eigenvalue weighted by Gasteiger charge is -2.31. The van der Waals surface area contributed by atoms with E-state index in [1.165, 1.54) is 0 Å². The Hall–Kier alpha value is -0.590. The number of thiol groups is 1. The lowest BCUT2D eigenvalue weighted by Crippen LogP contribution is -2.50. The van der Waals surface area contributed by atoms with Crippen molar-refractivity contribution < 1.29 is 14.3 Å². The van der Waals surface area contributed by atoms with Crippen LogP contribution in [0.15, 0.2) is 0 Å². The maximum atomic E-state index is 12.2. The molecule has 0 aliphatic rings. The maximum Gasteiger partial charge on any atom is 0.222 e. The molecule has 154 valence electrons. The minimum absolute atomic E-state index is 0.0607. The lowest BCUT2D eigenvalue weighted by atomic mass is 9.91. The molecule has 0 saturated heterocycles. The van der Waals surface area contributed by atoms with Crippen LogP contribution in [0.5, 0.6) is 0 Å². The summed E-state index contributed by atoms with van der Waals surface area (Å²) in [4.78, 5) is 24.2. The second kappa shape index (κ2) is 11.3. The van der Waals surface area contributed by atoms with Gasteiger partial charge in [-0.25, -0.2) is 0 Å². The van der Waals surface area contributed by atoms with Gasteiger partial charge in [0.2, 0.25) is 5.91 Å². The van der Waals surface area contributed by atoms with Crippen LogP contribution in [0.2, 0.25) is 0 Å². The van der Waals surface area contributed by atoms with Crippen LogP contribution in [0.4, 0.5) is 0 Å². The van der Waals surface area contributed by atoms with Crippen LogP contribution in [0.3, 0.4) is 0 Å². The van der Waals surface area contributed by atoms with Crippen molar-refractivity contribution in [1.29, 1.82) is 0 Å². The predicted octanol–water partition coefficient (Wildman–Crippen LogP) is 3.37. The molecule has 0 spiro atoms. The number of ketones is 1. The number of rotatable bonds is 12. The van der Waals surface area contributed by atoms with Gasteiger partial charge in [0.25, 0.3) is 0 Å². The molecule has 5 nitrogen and oxygen atoms in total. The third kappa shape index (κ3) is 11.9. The zero-order chi connectivity index (χ0) is 20.5. The van der Waals surface area contributed by atoms with Crippen LogP contribution in [-0.2, 0) is 14.3 Å².